The van der Waals surface area contributed by atoms with Crippen molar-refractivity contribution in [2.75, 3.05) is 32.6 Å². The SMILES string of the molecule is CCCCN(C(=S)NC)c1ccc2c(c1O)C(O)=C1C(=O)[C@]3(O)C(O)=C(C(N)=O)C(=O)[C@@H](N(C)C)C3C(O)C1[C@H]2C. The molecule has 222 valence electrons. The van der Waals surface area contributed by atoms with Gasteiger partial charge in [-0.2, -0.15) is 0 Å². The first kappa shape index (κ1) is 30.4. The number of phenols is 1. The number of ketones is 2. The van der Waals surface area contributed by atoms with Crippen molar-refractivity contribution in [2.24, 2.45) is 17.6 Å². The van der Waals surface area contributed by atoms with Crippen LogP contribution >= 0.6 is 12.2 Å². The monoisotopic (exact) mass is 588 g/mol. The Bertz CT molecular complexity index is 1410. The molecular weight excluding hydrogens is 552 g/mol. The normalized spacial score (nSPS) is 29.2. The van der Waals surface area contributed by atoms with E-state index in [0.29, 0.717) is 17.2 Å². The zero-order chi connectivity index (χ0) is 30.7. The number of hydrogen-bond donors (Lipinski definition) is 7. The summed E-state index contributed by atoms with van der Waals surface area (Å²) in [6.07, 6.45) is -0.0662. The van der Waals surface area contributed by atoms with E-state index in [9.17, 15) is 39.9 Å². The Morgan fingerprint density at radius 2 is 1.83 bits per heavy atom. The lowest BCUT2D eigenvalue weighted by Gasteiger charge is -2.53. The van der Waals surface area contributed by atoms with Crippen LogP contribution in [-0.4, -0.2) is 98.5 Å². The van der Waals surface area contributed by atoms with Gasteiger partial charge in [0.2, 0.25) is 5.78 Å². The highest BCUT2D eigenvalue weighted by Gasteiger charge is 2.68. The number of benzene rings is 1. The number of nitrogens with two attached hydrogens (primary N) is 1. The fraction of sp³-hybridized carbons (Fsp3) is 0.500. The Hall–Kier alpha value is -3.52. The zero-order valence-electron chi connectivity index (χ0n) is 23.5. The number of phenolic OH excluding ortho intramolecular Hbond substituents is 1. The number of nitrogens with zero attached hydrogens (tertiary/aromatic N) is 2. The molecule has 3 unspecified atom stereocenters. The van der Waals surface area contributed by atoms with Gasteiger partial charge in [-0.1, -0.05) is 26.3 Å². The molecule has 1 aromatic rings. The quantitative estimate of drug-likeness (QED) is 0.181. The van der Waals surface area contributed by atoms with E-state index < -0.39 is 75.6 Å². The second-order valence-corrected chi connectivity index (χ2v) is 11.4. The third kappa shape index (κ3) is 4.21. The second kappa shape index (κ2) is 10.7. The minimum atomic E-state index is -2.96. The third-order valence-corrected chi connectivity index (χ3v) is 9.02. The van der Waals surface area contributed by atoms with E-state index in [4.69, 9.17) is 18.0 Å². The van der Waals surface area contributed by atoms with Gasteiger partial charge in [0.25, 0.3) is 5.91 Å². The Kier molecular flexibility index (Phi) is 7.95. The first-order valence-corrected chi connectivity index (χ1v) is 13.8. The standard InChI is InChI=1S/C28H36N4O8S/c1-6-7-10-32(27(41)30-3)13-9-8-12-11(2)14-16(21(34)15(12)20(13)33)24(37)28(40)18(22(14)35)19(31(4)5)23(36)17(25(28)38)26(29)39/h8-9,11,14,18-19,22,33-35,38,40H,6-7,10H2,1-5H3,(H2,29,39)(H,30,41)/t11-,14?,18?,19-,22?,28-/m0/s1. The van der Waals surface area contributed by atoms with Gasteiger partial charge in [0.15, 0.2) is 22.2 Å². The van der Waals surface area contributed by atoms with Crippen molar-refractivity contribution in [2.45, 2.75) is 50.4 Å². The lowest BCUT2D eigenvalue weighted by molar-refractivity contribution is -0.169. The summed E-state index contributed by atoms with van der Waals surface area (Å²) in [5, 5.41) is 60.7. The Balaban J connectivity index is 1.99. The molecule has 12 nitrogen and oxygen atoms in total. The van der Waals surface area contributed by atoms with Gasteiger partial charge in [-0.15, -0.1) is 0 Å². The number of hydrogen-bond acceptors (Lipinski definition) is 10. The summed E-state index contributed by atoms with van der Waals surface area (Å²) in [7, 11) is 4.56. The molecule has 8 N–H and O–H groups in total. The second-order valence-electron chi connectivity index (χ2n) is 11.0. The number of rotatable bonds is 6. The fourth-order valence-electron chi connectivity index (χ4n) is 6.61. The number of aliphatic hydroxyl groups is 4. The summed E-state index contributed by atoms with van der Waals surface area (Å²) in [6, 6.07) is 1.89. The molecule has 0 bridgehead atoms. The molecule has 1 saturated carbocycles. The highest BCUT2D eigenvalue weighted by atomic mass is 32.1. The van der Waals surface area contributed by atoms with Crippen LogP contribution in [0.5, 0.6) is 5.75 Å². The maximum atomic E-state index is 14.1. The van der Waals surface area contributed by atoms with Gasteiger partial charge in [-0.05, 0) is 50.3 Å². The number of aromatic hydroxyl groups is 1. The van der Waals surface area contributed by atoms with E-state index in [2.05, 4.69) is 5.32 Å². The average molecular weight is 589 g/mol. The van der Waals surface area contributed by atoms with E-state index >= 15 is 0 Å². The van der Waals surface area contributed by atoms with E-state index in [1.54, 1.807) is 31.0 Å². The lowest BCUT2D eigenvalue weighted by Crippen LogP contribution is -2.70. The van der Waals surface area contributed by atoms with Crippen molar-refractivity contribution in [1.82, 2.24) is 10.2 Å². The van der Waals surface area contributed by atoms with Gasteiger partial charge in [0, 0.05) is 25.1 Å². The molecule has 6 atom stereocenters. The molecule has 4 rings (SSSR count). The maximum absolute atomic E-state index is 14.1. The number of anilines is 1. The van der Waals surface area contributed by atoms with Gasteiger partial charge in [-0.25, -0.2) is 0 Å². The Morgan fingerprint density at radius 1 is 1.20 bits per heavy atom. The molecule has 1 aromatic carbocycles. The topological polar surface area (TPSA) is 197 Å². The summed E-state index contributed by atoms with van der Waals surface area (Å²) < 4.78 is 0. The van der Waals surface area contributed by atoms with Crippen LogP contribution < -0.4 is 16.0 Å². The molecule has 1 fully saturated rings. The average Bonchev–Trinajstić information content (AvgIpc) is 2.91. The Morgan fingerprint density at radius 3 is 2.37 bits per heavy atom. The van der Waals surface area contributed by atoms with Crippen LogP contribution in [0.15, 0.2) is 29.0 Å². The molecule has 13 heteroatoms. The van der Waals surface area contributed by atoms with Gasteiger partial charge in [0.1, 0.15) is 17.1 Å². The van der Waals surface area contributed by atoms with Crippen molar-refractivity contribution >= 4 is 46.3 Å². The van der Waals surface area contributed by atoms with Crippen LogP contribution in [0.4, 0.5) is 5.69 Å². The van der Waals surface area contributed by atoms with Crippen LogP contribution in [0.3, 0.4) is 0 Å². The fourth-order valence-corrected chi connectivity index (χ4v) is 6.80. The van der Waals surface area contributed by atoms with Crippen LogP contribution in [-0.2, 0) is 14.4 Å². The van der Waals surface area contributed by atoms with Crippen LogP contribution in [0.2, 0.25) is 0 Å². The maximum Gasteiger partial charge on any atom is 0.255 e. The number of likely N-dealkylation sites (N-methyl/N-ethyl adjacent to an activating group) is 1. The number of aliphatic hydroxyl groups excluding tert-OH is 3. The van der Waals surface area contributed by atoms with Gasteiger partial charge in [-0.3, -0.25) is 19.3 Å². The minimum Gasteiger partial charge on any atom is -0.508 e. The molecule has 0 spiro atoms. The number of thiocarbonyl (C=S) groups is 1. The first-order valence-electron chi connectivity index (χ1n) is 13.4. The number of fused-ring (bicyclic) bond motifs is 3. The number of carbonyl (C=O) groups excluding carboxylic acids is 3. The molecule has 41 heavy (non-hydrogen) atoms. The molecular formula is C28H36N4O8S. The first-order chi connectivity index (χ1) is 19.2. The van der Waals surface area contributed by atoms with E-state index in [0.717, 1.165) is 12.8 Å². The lowest BCUT2D eigenvalue weighted by atomic mass is 9.54. The largest absolute Gasteiger partial charge is 0.508 e. The van der Waals surface area contributed by atoms with Gasteiger partial charge in [0.05, 0.1) is 29.3 Å². The highest BCUT2D eigenvalue weighted by molar-refractivity contribution is 7.80. The third-order valence-electron chi connectivity index (χ3n) is 8.59. The van der Waals surface area contributed by atoms with Crippen molar-refractivity contribution < 1.29 is 39.9 Å². The Labute approximate surface area is 242 Å². The molecule has 0 aliphatic heterocycles. The molecule has 0 radical (unpaired) electrons. The van der Waals surface area contributed by atoms with Crippen molar-refractivity contribution in [3.8, 4) is 5.75 Å². The smallest absolute Gasteiger partial charge is 0.255 e. The summed E-state index contributed by atoms with van der Waals surface area (Å²) >= 11 is 5.44. The minimum absolute atomic E-state index is 0.0844. The van der Waals surface area contributed by atoms with Crippen molar-refractivity contribution in [3.63, 3.8) is 0 Å². The number of primary amides is 1. The highest BCUT2D eigenvalue weighted by Crippen LogP contribution is 2.56. The zero-order valence-corrected chi connectivity index (χ0v) is 24.3. The summed E-state index contributed by atoms with van der Waals surface area (Å²) in [5.41, 5.74) is 1.60. The number of Topliss-reactive ketones (excluding diaryl/α,β-unsaturated/α-hetero) is 2. The van der Waals surface area contributed by atoms with Gasteiger partial charge >= 0.3 is 0 Å². The molecule has 0 saturated heterocycles. The van der Waals surface area contributed by atoms with E-state index in [1.807, 2.05) is 6.92 Å². The summed E-state index contributed by atoms with van der Waals surface area (Å²) in [5.74, 6) is -9.27. The van der Waals surface area contributed by atoms with Gasteiger partial charge < -0.3 is 41.5 Å². The van der Waals surface area contributed by atoms with Crippen LogP contribution in [0, 0.1) is 11.8 Å². The molecule has 3 aliphatic carbocycles. The van der Waals surface area contributed by atoms with Crippen LogP contribution in [0.1, 0.15) is 43.7 Å². The van der Waals surface area contributed by atoms with Crippen molar-refractivity contribution in [1.29, 1.82) is 0 Å². The predicted molar refractivity (Wildman–Crippen MR) is 154 cm³/mol. The number of unbranched alkanes of at least 4 members (excludes halogenated alkanes) is 1. The molecule has 1 amide bonds. The van der Waals surface area contributed by atoms with Crippen molar-refractivity contribution in [3.05, 3.63) is 40.2 Å². The molecule has 0 aromatic heterocycles. The van der Waals surface area contributed by atoms with Crippen LogP contribution in [0.25, 0.3) is 5.76 Å². The summed E-state index contributed by atoms with van der Waals surface area (Å²) in [4.78, 5) is 42.6. The van der Waals surface area contributed by atoms with E-state index in [1.165, 1.54) is 19.0 Å². The number of nitrogens with one attached hydrogen (secondary N) is 1. The number of carbonyl (C=O) groups is 3. The summed E-state index contributed by atoms with van der Waals surface area (Å²) in [6.45, 7) is 4.13. The molecule has 0 heterocycles. The predicted octanol–water partition coefficient (Wildman–Crippen LogP) is 0.607. The van der Waals surface area contributed by atoms with E-state index in [-0.39, 0.29) is 17.0 Å². The number of amides is 1. The molecule has 3 aliphatic rings.